The highest BCUT2D eigenvalue weighted by atomic mass is 32.2. The molecular formula is C26H40O3S. The lowest BCUT2D eigenvalue weighted by molar-refractivity contribution is 0.482. The van der Waals surface area contributed by atoms with E-state index in [-0.39, 0.29) is 4.90 Å². The van der Waals surface area contributed by atoms with Gasteiger partial charge in [-0.2, -0.15) is 8.42 Å². The molecule has 0 aliphatic rings. The predicted octanol–water partition coefficient (Wildman–Crippen LogP) is 7.89. The first-order valence-corrected chi connectivity index (χ1v) is 13.4. The van der Waals surface area contributed by atoms with E-state index in [0.29, 0.717) is 11.8 Å². The molecule has 2 rings (SSSR count). The molecule has 0 fully saturated rings. The van der Waals surface area contributed by atoms with Crippen molar-refractivity contribution in [3.63, 3.8) is 0 Å². The fourth-order valence-electron chi connectivity index (χ4n) is 4.35. The minimum absolute atomic E-state index is 0.123. The van der Waals surface area contributed by atoms with Crippen LogP contribution in [-0.4, -0.2) is 13.0 Å². The highest BCUT2D eigenvalue weighted by molar-refractivity contribution is 7.86. The topological polar surface area (TPSA) is 54.4 Å². The molecule has 3 nitrogen and oxygen atoms in total. The SMILES string of the molecule is CCCCCCCCc1ccc2c(CCCCCCCC)cccc2c1S(=O)(=O)O. The van der Waals surface area contributed by atoms with Crippen LogP contribution in [-0.2, 0) is 23.0 Å². The Morgan fingerprint density at radius 1 is 0.633 bits per heavy atom. The number of benzene rings is 2. The molecule has 1 N–H and O–H groups in total. The fourth-order valence-corrected chi connectivity index (χ4v) is 5.31. The van der Waals surface area contributed by atoms with Gasteiger partial charge in [0.25, 0.3) is 10.1 Å². The molecule has 0 aliphatic carbocycles. The second-order valence-electron chi connectivity index (χ2n) is 8.58. The van der Waals surface area contributed by atoms with E-state index in [2.05, 4.69) is 26.0 Å². The van der Waals surface area contributed by atoms with Gasteiger partial charge in [0, 0.05) is 5.39 Å². The molecule has 0 saturated heterocycles. The summed E-state index contributed by atoms with van der Waals surface area (Å²) in [7, 11) is -4.26. The average molecular weight is 433 g/mol. The summed E-state index contributed by atoms with van der Waals surface area (Å²) in [6, 6.07) is 9.84. The summed E-state index contributed by atoms with van der Waals surface area (Å²) in [6.07, 6.45) is 16.0. The summed E-state index contributed by atoms with van der Waals surface area (Å²) in [6.45, 7) is 4.43. The van der Waals surface area contributed by atoms with Crippen LogP contribution in [0.15, 0.2) is 35.2 Å². The number of unbranched alkanes of at least 4 members (excludes halogenated alkanes) is 10. The molecule has 0 spiro atoms. The van der Waals surface area contributed by atoms with Gasteiger partial charge in [0.05, 0.1) is 0 Å². The standard InChI is InChI=1S/C26H40O3S/c1-3-5-7-9-11-13-16-22-18-15-19-25-24(22)21-20-23(26(25)30(27,28)29)17-14-12-10-8-6-4-2/h15,18-21H,3-14,16-17H2,1-2H3,(H,27,28,29). The van der Waals surface area contributed by atoms with Crippen molar-refractivity contribution >= 4 is 20.9 Å². The maximum absolute atomic E-state index is 12.3. The number of hydrogen-bond acceptors (Lipinski definition) is 2. The van der Waals surface area contributed by atoms with Crippen LogP contribution in [0.4, 0.5) is 0 Å². The lowest BCUT2D eigenvalue weighted by Gasteiger charge is -2.14. The van der Waals surface area contributed by atoms with Crippen molar-refractivity contribution < 1.29 is 13.0 Å². The first kappa shape index (κ1) is 24.9. The predicted molar refractivity (Wildman–Crippen MR) is 128 cm³/mol. The van der Waals surface area contributed by atoms with E-state index < -0.39 is 10.1 Å². The number of rotatable bonds is 15. The van der Waals surface area contributed by atoms with Crippen molar-refractivity contribution in [2.24, 2.45) is 0 Å². The Hall–Kier alpha value is -1.39. The van der Waals surface area contributed by atoms with Crippen molar-refractivity contribution in [1.29, 1.82) is 0 Å². The quantitative estimate of drug-likeness (QED) is 0.230. The van der Waals surface area contributed by atoms with Crippen LogP contribution in [0.5, 0.6) is 0 Å². The number of hydrogen-bond donors (Lipinski definition) is 1. The lowest BCUT2D eigenvalue weighted by atomic mass is 9.96. The van der Waals surface area contributed by atoms with Gasteiger partial charge in [-0.15, -0.1) is 0 Å². The third-order valence-electron chi connectivity index (χ3n) is 6.04. The molecule has 0 unspecified atom stereocenters. The van der Waals surface area contributed by atoms with Crippen LogP contribution in [0.3, 0.4) is 0 Å². The van der Waals surface area contributed by atoms with Gasteiger partial charge in [-0.3, -0.25) is 4.55 Å². The number of fused-ring (bicyclic) bond motifs is 1. The highest BCUT2D eigenvalue weighted by Crippen LogP contribution is 2.31. The van der Waals surface area contributed by atoms with Crippen LogP contribution in [0.1, 0.15) is 102 Å². The molecule has 168 valence electrons. The maximum Gasteiger partial charge on any atom is 0.295 e. The smallest absolute Gasteiger partial charge is 0.282 e. The molecule has 2 aromatic rings. The molecule has 0 aromatic heterocycles. The molecule has 0 aliphatic heterocycles. The van der Waals surface area contributed by atoms with Gasteiger partial charge in [-0.05, 0) is 42.2 Å². The van der Waals surface area contributed by atoms with Gasteiger partial charge >= 0.3 is 0 Å². The highest BCUT2D eigenvalue weighted by Gasteiger charge is 2.20. The van der Waals surface area contributed by atoms with Crippen molar-refractivity contribution in [2.75, 3.05) is 0 Å². The second kappa shape index (κ2) is 13.1. The molecule has 4 heteroatoms. The van der Waals surface area contributed by atoms with E-state index in [1.165, 1.54) is 63.4 Å². The van der Waals surface area contributed by atoms with Gasteiger partial charge in [0.2, 0.25) is 0 Å². The van der Waals surface area contributed by atoms with Crippen LogP contribution in [0, 0.1) is 0 Å². The van der Waals surface area contributed by atoms with Crippen molar-refractivity contribution in [3.05, 3.63) is 41.5 Å². The maximum atomic E-state index is 12.3. The molecule has 0 saturated carbocycles. The van der Waals surface area contributed by atoms with E-state index in [9.17, 15) is 13.0 Å². The fraction of sp³-hybridized carbons (Fsp3) is 0.615. The Balaban J connectivity index is 2.15. The van der Waals surface area contributed by atoms with Crippen molar-refractivity contribution in [1.82, 2.24) is 0 Å². The summed E-state index contributed by atoms with van der Waals surface area (Å²) in [4.78, 5) is 0.123. The second-order valence-corrected chi connectivity index (χ2v) is 9.94. The lowest BCUT2D eigenvalue weighted by Crippen LogP contribution is -2.05. The summed E-state index contributed by atoms with van der Waals surface area (Å²) < 4.78 is 34.5. The molecule has 0 atom stereocenters. The van der Waals surface area contributed by atoms with E-state index in [4.69, 9.17) is 0 Å². The Morgan fingerprint density at radius 3 is 1.73 bits per heavy atom. The summed E-state index contributed by atoms with van der Waals surface area (Å²) in [5.41, 5.74) is 1.93. The summed E-state index contributed by atoms with van der Waals surface area (Å²) in [5, 5.41) is 1.63. The third-order valence-corrected chi connectivity index (χ3v) is 7.04. The van der Waals surface area contributed by atoms with Gasteiger partial charge in [-0.1, -0.05) is 108 Å². The average Bonchev–Trinajstić information content (AvgIpc) is 2.72. The van der Waals surface area contributed by atoms with Crippen LogP contribution < -0.4 is 0 Å². The van der Waals surface area contributed by atoms with Crippen LogP contribution in [0.25, 0.3) is 10.8 Å². The van der Waals surface area contributed by atoms with E-state index in [1.54, 1.807) is 0 Å². The normalized spacial score (nSPS) is 12.0. The van der Waals surface area contributed by atoms with Gasteiger partial charge in [0.15, 0.2) is 0 Å². The third kappa shape index (κ3) is 7.70. The Bertz CT molecular complexity index is 871. The van der Waals surface area contributed by atoms with Crippen molar-refractivity contribution in [3.8, 4) is 0 Å². The van der Waals surface area contributed by atoms with Gasteiger partial charge in [-0.25, -0.2) is 0 Å². The van der Waals surface area contributed by atoms with Crippen LogP contribution >= 0.6 is 0 Å². The van der Waals surface area contributed by atoms with Crippen molar-refractivity contribution in [2.45, 2.75) is 109 Å². The molecular weight excluding hydrogens is 392 g/mol. The minimum atomic E-state index is -4.26. The molecule has 30 heavy (non-hydrogen) atoms. The minimum Gasteiger partial charge on any atom is -0.282 e. The van der Waals surface area contributed by atoms with E-state index in [0.717, 1.165) is 36.6 Å². The molecule has 0 heterocycles. The zero-order valence-corrected chi connectivity index (χ0v) is 19.8. The van der Waals surface area contributed by atoms with Gasteiger partial charge < -0.3 is 0 Å². The van der Waals surface area contributed by atoms with E-state index in [1.807, 2.05) is 18.2 Å². The Morgan fingerprint density at radius 2 is 1.17 bits per heavy atom. The first-order chi connectivity index (χ1) is 14.5. The zero-order valence-electron chi connectivity index (χ0n) is 19.0. The van der Waals surface area contributed by atoms with Crippen LogP contribution in [0.2, 0.25) is 0 Å². The molecule has 0 radical (unpaired) electrons. The van der Waals surface area contributed by atoms with E-state index >= 15 is 0 Å². The Kier molecular flexibility index (Phi) is 10.9. The molecule has 2 aromatic carbocycles. The number of aryl methyl sites for hydroxylation is 2. The Labute approximate surface area is 184 Å². The molecule has 0 bridgehead atoms. The van der Waals surface area contributed by atoms with Gasteiger partial charge in [0.1, 0.15) is 4.90 Å². The monoisotopic (exact) mass is 432 g/mol. The first-order valence-electron chi connectivity index (χ1n) is 12.0. The largest absolute Gasteiger partial charge is 0.295 e. The zero-order chi connectivity index (χ0) is 21.8. The summed E-state index contributed by atoms with van der Waals surface area (Å²) >= 11 is 0. The molecule has 0 amide bonds. The summed E-state index contributed by atoms with van der Waals surface area (Å²) in [5.74, 6) is 0.